The van der Waals surface area contributed by atoms with Gasteiger partial charge < -0.3 is 18.9 Å². The molecule has 1 atom stereocenters. The van der Waals surface area contributed by atoms with Gasteiger partial charge in [0.15, 0.2) is 23.0 Å². The molecule has 1 unspecified atom stereocenters. The van der Waals surface area contributed by atoms with Crippen LogP contribution in [0.15, 0.2) is 41.5 Å². The third-order valence-corrected chi connectivity index (χ3v) is 4.55. The van der Waals surface area contributed by atoms with Crippen LogP contribution in [0.3, 0.4) is 0 Å². The summed E-state index contributed by atoms with van der Waals surface area (Å²) in [5.74, 6) is 2.19. The molecule has 2 aromatic rings. The second-order valence-corrected chi connectivity index (χ2v) is 7.68. The lowest BCUT2D eigenvalue weighted by molar-refractivity contribution is -0.130. The summed E-state index contributed by atoms with van der Waals surface area (Å²) in [5, 5.41) is 4.00. The minimum atomic E-state index is -0.767. The van der Waals surface area contributed by atoms with E-state index in [1.165, 1.54) is 6.21 Å². The number of hydrogen-bond donors (Lipinski definition) is 1. The number of fused-ring (bicyclic) bond motifs is 2. The number of nitrogens with zero attached hydrogens (tertiary/aromatic N) is 1. The van der Waals surface area contributed by atoms with Crippen molar-refractivity contribution in [3.05, 3.63) is 47.5 Å². The molecule has 2 aliphatic heterocycles. The lowest BCUT2D eigenvalue weighted by Gasteiger charge is -2.27. The number of carbonyl (C=O) groups excluding carboxylic acids is 1. The van der Waals surface area contributed by atoms with E-state index in [1.807, 2.05) is 24.3 Å². The van der Waals surface area contributed by atoms with Crippen LogP contribution >= 0.6 is 0 Å². The zero-order chi connectivity index (χ0) is 19.7. The van der Waals surface area contributed by atoms with Crippen LogP contribution in [0, 0.1) is 0 Å². The SMILES string of the molecule is CC(C)(C)c1ccc2c(c1)OC(C(=O)N/N=C\c1ccc3c(c1)OCO3)CO2. The molecule has 0 aromatic heterocycles. The Morgan fingerprint density at radius 1 is 1.04 bits per heavy atom. The van der Waals surface area contributed by atoms with Crippen LogP contribution < -0.4 is 24.4 Å². The minimum Gasteiger partial charge on any atom is -0.485 e. The fourth-order valence-corrected chi connectivity index (χ4v) is 2.90. The van der Waals surface area contributed by atoms with E-state index in [2.05, 4.69) is 31.3 Å². The summed E-state index contributed by atoms with van der Waals surface area (Å²) < 4.78 is 22.1. The Labute approximate surface area is 163 Å². The van der Waals surface area contributed by atoms with Crippen LogP contribution in [-0.4, -0.2) is 31.6 Å². The second-order valence-electron chi connectivity index (χ2n) is 7.68. The van der Waals surface area contributed by atoms with Gasteiger partial charge in [-0.15, -0.1) is 0 Å². The number of hydrazone groups is 1. The van der Waals surface area contributed by atoms with Crippen molar-refractivity contribution < 1.29 is 23.7 Å². The third-order valence-electron chi connectivity index (χ3n) is 4.55. The Bertz CT molecular complexity index is 933. The van der Waals surface area contributed by atoms with Crippen molar-refractivity contribution in [3.8, 4) is 23.0 Å². The smallest absolute Gasteiger partial charge is 0.284 e. The van der Waals surface area contributed by atoms with Crippen molar-refractivity contribution in [1.82, 2.24) is 5.43 Å². The van der Waals surface area contributed by atoms with Gasteiger partial charge in [0.2, 0.25) is 12.9 Å². The molecule has 28 heavy (non-hydrogen) atoms. The van der Waals surface area contributed by atoms with Crippen molar-refractivity contribution >= 4 is 12.1 Å². The zero-order valence-corrected chi connectivity index (χ0v) is 16.0. The van der Waals surface area contributed by atoms with Crippen molar-refractivity contribution in [2.24, 2.45) is 5.10 Å². The Balaban J connectivity index is 1.39. The first-order valence-electron chi connectivity index (χ1n) is 9.07. The largest absolute Gasteiger partial charge is 0.485 e. The van der Waals surface area contributed by atoms with Gasteiger partial charge in [0.1, 0.15) is 6.61 Å². The molecule has 0 radical (unpaired) electrons. The molecule has 2 aromatic carbocycles. The molecule has 7 nitrogen and oxygen atoms in total. The number of hydrogen-bond acceptors (Lipinski definition) is 6. The molecule has 1 amide bonds. The van der Waals surface area contributed by atoms with Crippen molar-refractivity contribution in [3.63, 3.8) is 0 Å². The molecular weight excluding hydrogens is 360 g/mol. The summed E-state index contributed by atoms with van der Waals surface area (Å²) in [5.41, 5.74) is 4.36. The monoisotopic (exact) mass is 382 g/mol. The maximum Gasteiger partial charge on any atom is 0.284 e. The van der Waals surface area contributed by atoms with Crippen LogP contribution in [0.2, 0.25) is 0 Å². The highest BCUT2D eigenvalue weighted by atomic mass is 16.7. The van der Waals surface area contributed by atoms with Gasteiger partial charge >= 0.3 is 0 Å². The fraction of sp³-hybridized carbons (Fsp3) is 0.333. The molecule has 0 saturated heterocycles. The van der Waals surface area contributed by atoms with Crippen LogP contribution in [0.1, 0.15) is 31.9 Å². The highest BCUT2D eigenvalue weighted by Gasteiger charge is 2.28. The minimum absolute atomic E-state index is 0.0253. The number of benzene rings is 2. The Morgan fingerprint density at radius 3 is 2.61 bits per heavy atom. The lowest BCUT2D eigenvalue weighted by atomic mass is 9.87. The van der Waals surface area contributed by atoms with Crippen molar-refractivity contribution in [2.45, 2.75) is 32.3 Å². The molecule has 0 saturated carbocycles. The van der Waals surface area contributed by atoms with Crippen LogP contribution in [0.4, 0.5) is 0 Å². The summed E-state index contributed by atoms with van der Waals surface area (Å²) in [6.45, 7) is 6.70. The Morgan fingerprint density at radius 2 is 1.79 bits per heavy atom. The quantitative estimate of drug-likeness (QED) is 0.652. The molecule has 2 aliphatic rings. The zero-order valence-electron chi connectivity index (χ0n) is 16.0. The lowest BCUT2D eigenvalue weighted by Crippen LogP contribution is -2.42. The molecular formula is C21H22N2O5. The molecule has 0 bridgehead atoms. The average Bonchev–Trinajstić information content (AvgIpc) is 3.14. The molecule has 0 spiro atoms. The van der Waals surface area contributed by atoms with Gasteiger partial charge in [0.25, 0.3) is 5.91 Å². The van der Waals surface area contributed by atoms with Crippen molar-refractivity contribution in [1.29, 1.82) is 0 Å². The van der Waals surface area contributed by atoms with Gasteiger partial charge in [-0.25, -0.2) is 5.43 Å². The summed E-state index contributed by atoms with van der Waals surface area (Å²) in [7, 11) is 0. The van der Waals surface area contributed by atoms with Crippen molar-refractivity contribution in [2.75, 3.05) is 13.4 Å². The van der Waals surface area contributed by atoms with E-state index in [9.17, 15) is 4.79 Å². The molecule has 4 rings (SSSR count). The first-order chi connectivity index (χ1) is 13.4. The van der Waals surface area contributed by atoms with E-state index in [0.29, 0.717) is 23.0 Å². The third kappa shape index (κ3) is 3.74. The number of carbonyl (C=O) groups is 1. The van der Waals surface area contributed by atoms with Gasteiger partial charge in [0, 0.05) is 0 Å². The van der Waals surface area contributed by atoms with E-state index in [-0.39, 0.29) is 24.7 Å². The van der Waals surface area contributed by atoms with E-state index in [0.717, 1.165) is 11.1 Å². The van der Waals surface area contributed by atoms with Gasteiger partial charge in [-0.1, -0.05) is 26.8 Å². The normalized spacial score (nSPS) is 17.6. The topological polar surface area (TPSA) is 78.4 Å². The van der Waals surface area contributed by atoms with E-state index >= 15 is 0 Å². The number of rotatable bonds is 3. The average molecular weight is 382 g/mol. The van der Waals surface area contributed by atoms with Crippen LogP contribution in [0.5, 0.6) is 23.0 Å². The number of nitrogens with one attached hydrogen (secondary N) is 1. The molecule has 0 aliphatic carbocycles. The summed E-state index contributed by atoms with van der Waals surface area (Å²) >= 11 is 0. The van der Waals surface area contributed by atoms with Gasteiger partial charge in [-0.3, -0.25) is 4.79 Å². The van der Waals surface area contributed by atoms with Gasteiger partial charge in [0.05, 0.1) is 6.21 Å². The molecule has 146 valence electrons. The van der Waals surface area contributed by atoms with Gasteiger partial charge in [-0.2, -0.15) is 5.10 Å². The molecule has 2 heterocycles. The van der Waals surface area contributed by atoms with E-state index in [4.69, 9.17) is 18.9 Å². The van der Waals surface area contributed by atoms with E-state index < -0.39 is 6.10 Å². The standard InChI is InChI=1S/C21H22N2O5/c1-21(2,3)14-5-7-16-18(9-14)28-19(11-25-16)20(24)23-22-10-13-4-6-15-17(8-13)27-12-26-15/h4-10,19H,11-12H2,1-3H3,(H,23,24)/b22-10-. The second kappa shape index (κ2) is 7.07. The highest BCUT2D eigenvalue weighted by molar-refractivity contribution is 5.85. The van der Waals surface area contributed by atoms with E-state index in [1.54, 1.807) is 12.1 Å². The molecule has 1 N–H and O–H groups in total. The first kappa shape index (κ1) is 18.2. The number of amides is 1. The fourth-order valence-electron chi connectivity index (χ4n) is 2.90. The summed E-state index contributed by atoms with van der Waals surface area (Å²) in [4.78, 5) is 12.4. The summed E-state index contributed by atoms with van der Waals surface area (Å²) in [6.07, 6.45) is 0.770. The summed E-state index contributed by atoms with van der Waals surface area (Å²) in [6, 6.07) is 11.2. The number of ether oxygens (including phenoxy) is 4. The Kier molecular flexibility index (Phi) is 4.58. The Hall–Kier alpha value is -3.22. The molecule has 0 fully saturated rings. The highest BCUT2D eigenvalue weighted by Crippen LogP contribution is 2.36. The maximum absolute atomic E-state index is 12.4. The maximum atomic E-state index is 12.4. The van der Waals surface area contributed by atoms with Crippen LogP contribution in [-0.2, 0) is 10.2 Å². The molecule has 7 heteroatoms. The van der Waals surface area contributed by atoms with Crippen LogP contribution in [0.25, 0.3) is 0 Å². The predicted molar refractivity (Wildman–Crippen MR) is 103 cm³/mol. The van der Waals surface area contributed by atoms with Gasteiger partial charge in [-0.05, 0) is 46.9 Å². The first-order valence-corrected chi connectivity index (χ1v) is 9.07. The predicted octanol–water partition coefficient (Wildman–Crippen LogP) is 3.00.